The van der Waals surface area contributed by atoms with E-state index in [1.54, 1.807) is 0 Å². The highest BCUT2D eigenvalue weighted by Crippen LogP contribution is 2.21. The van der Waals surface area contributed by atoms with Crippen LogP contribution >= 0.6 is 0 Å². The van der Waals surface area contributed by atoms with Gasteiger partial charge in [0.15, 0.2) is 0 Å². The van der Waals surface area contributed by atoms with Gasteiger partial charge in [0.1, 0.15) is 12.6 Å². The van der Waals surface area contributed by atoms with Gasteiger partial charge in [-0.05, 0) is 89.1 Å². The Bertz CT molecular complexity index is 807. The van der Waals surface area contributed by atoms with E-state index in [1.165, 1.54) is 17.5 Å². The number of aromatic nitrogens is 2. The summed E-state index contributed by atoms with van der Waals surface area (Å²) in [6, 6.07) is 8.31. The van der Waals surface area contributed by atoms with Crippen LogP contribution in [0.1, 0.15) is 42.1 Å². The second-order valence-corrected chi connectivity index (χ2v) is 7.18. The molecule has 1 aromatic heterocycles. The first-order chi connectivity index (χ1) is 16.0. The van der Waals surface area contributed by atoms with Crippen molar-refractivity contribution in [2.45, 2.75) is 40.5 Å². The summed E-state index contributed by atoms with van der Waals surface area (Å²) in [5.41, 5.74) is 5.69. The summed E-state index contributed by atoms with van der Waals surface area (Å²) in [5.74, 6) is 0.963. The van der Waals surface area contributed by atoms with Crippen LogP contribution in [0.2, 0.25) is 0 Å². The zero-order valence-electron chi connectivity index (χ0n) is 21.6. The monoisotopic (exact) mass is 455 g/mol. The second kappa shape index (κ2) is 20.9. The molecule has 0 atom stereocenters. The summed E-state index contributed by atoms with van der Waals surface area (Å²) in [4.78, 5) is 8.00. The van der Waals surface area contributed by atoms with Crippen molar-refractivity contribution in [1.82, 2.24) is 25.7 Å². The van der Waals surface area contributed by atoms with Gasteiger partial charge in [0.05, 0.1) is 6.20 Å². The Morgan fingerprint density at radius 3 is 2.06 bits per heavy atom. The number of nitrogens with one attached hydrogen (secondary N) is 3. The van der Waals surface area contributed by atoms with Crippen LogP contribution in [-0.2, 0) is 4.79 Å². The number of benzene rings is 1. The molecular formula is C27H45N5O. The molecule has 0 spiro atoms. The molecule has 0 fully saturated rings. The van der Waals surface area contributed by atoms with E-state index >= 15 is 0 Å². The molecule has 0 saturated carbocycles. The van der Waals surface area contributed by atoms with Crippen molar-refractivity contribution >= 4 is 18.2 Å². The lowest BCUT2D eigenvalue weighted by atomic mass is 10.0. The van der Waals surface area contributed by atoms with E-state index in [9.17, 15) is 0 Å². The maximum Gasteiger partial charge on any atom is 0.128 e. The molecule has 0 unspecified atom stereocenters. The summed E-state index contributed by atoms with van der Waals surface area (Å²) in [6.07, 6.45) is 6.26. The minimum absolute atomic E-state index is 0.881. The first-order valence-electron chi connectivity index (χ1n) is 11.3. The zero-order chi connectivity index (χ0) is 25.6. The van der Waals surface area contributed by atoms with Crippen LogP contribution in [0.3, 0.4) is 0 Å². The Balaban J connectivity index is 0. The third-order valence-corrected chi connectivity index (χ3v) is 4.70. The maximum atomic E-state index is 8.00. The van der Waals surface area contributed by atoms with Crippen LogP contribution in [0.15, 0.2) is 56.3 Å². The fourth-order valence-corrected chi connectivity index (χ4v) is 2.83. The number of carbonyl (C=O) groups is 1. The van der Waals surface area contributed by atoms with Crippen LogP contribution in [0.25, 0.3) is 11.4 Å². The molecule has 0 radical (unpaired) electrons. The lowest BCUT2D eigenvalue weighted by molar-refractivity contribution is -0.0979. The Labute approximate surface area is 201 Å². The van der Waals surface area contributed by atoms with Gasteiger partial charge in [0.25, 0.3) is 0 Å². The van der Waals surface area contributed by atoms with Gasteiger partial charge >= 0.3 is 0 Å². The maximum absolute atomic E-state index is 8.00. The minimum Gasteiger partial charge on any atom is -0.370 e. The lowest BCUT2D eigenvalue weighted by Crippen LogP contribution is -2.23. The highest BCUT2D eigenvalue weighted by Gasteiger charge is 2.09. The highest BCUT2D eigenvalue weighted by atomic mass is 16.1. The van der Waals surface area contributed by atoms with Gasteiger partial charge in [0, 0.05) is 12.2 Å². The quantitative estimate of drug-likeness (QED) is 0.274. The fraction of sp³-hybridized carbons (Fsp3) is 0.407. The van der Waals surface area contributed by atoms with E-state index in [4.69, 9.17) is 4.79 Å². The number of nitrogens with zero attached hydrogens (tertiary/aromatic N) is 2. The minimum atomic E-state index is 0.881. The highest BCUT2D eigenvalue weighted by molar-refractivity contribution is 5.79. The molecule has 0 aliphatic heterocycles. The predicted octanol–water partition coefficient (Wildman–Crippen LogP) is 4.75. The van der Waals surface area contributed by atoms with Crippen molar-refractivity contribution in [3.05, 3.63) is 78.7 Å². The largest absolute Gasteiger partial charge is 0.370 e. The molecule has 3 N–H and O–H groups in total. The third-order valence-electron chi connectivity index (χ3n) is 4.70. The SMILES string of the molecule is C=C.C=C(/C=C(/NCCCNC)n1ncc(C)c1C)c1ccccc1C.C=O.CCCNC. The average molecular weight is 456 g/mol. The zero-order valence-corrected chi connectivity index (χ0v) is 21.6. The van der Waals surface area contributed by atoms with Gasteiger partial charge in [-0.1, -0.05) is 37.8 Å². The standard InChI is InChI=1S/C20H28N4.C4H11N.C2H4.CH2O/c1-15-9-6-7-10-19(15)16(2)13-20(22-12-8-11-21-5)24-18(4)17(3)14-23-24;1-3-4-5-2;2*1-2/h6-7,9-10,13-14,21-22H,2,8,11-12H2,1,3-5H3;5H,3-4H2,1-2H3;1-2H2;1H2/b20-13-;;;. The van der Waals surface area contributed by atoms with E-state index in [-0.39, 0.29) is 0 Å². The van der Waals surface area contributed by atoms with Gasteiger partial charge in [-0.25, -0.2) is 4.68 Å². The number of rotatable bonds is 10. The van der Waals surface area contributed by atoms with E-state index in [0.29, 0.717) is 0 Å². The van der Waals surface area contributed by atoms with Crippen LogP contribution in [0, 0.1) is 20.8 Å². The molecule has 1 aromatic carbocycles. The van der Waals surface area contributed by atoms with Crippen LogP contribution in [0.4, 0.5) is 0 Å². The number of hydrogen-bond donors (Lipinski definition) is 3. The van der Waals surface area contributed by atoms with Crippen molar-refractivity contribution in [2.24, 2.45) is 0 Å². The van der Waals surface area contributed by atoms with Crippen molar-refractivity contribution in [1.29, 1.82) is 0 Å². The Hall–Kier alpha value is -2.96. The number of carbonyl (C=O) groups excluding carboxylic acids is 1. The topological polar surface area (TPSA) is 71.0 Å². The van der Waals surface area contributed by atoms with Gasteiger partial charge in [-0.15, -0.1) is 13.2 Å². The second-order valence-electron chi connectivity index (χ2n) is 7.18. The van der Waals surface area contributed by atoms with Gasteiger partial charge in [-0.2, -0.15) is 5.10 Å². The van der Waals surface area contributed by atoms with Crippen LogP contribution in [0.5, 0.6) is 0 Å². The number of hydrogen-bond acceptors (Lipinski definition) is 5. The molecule has 6 heteroatoms. The van der Waals surface area contributed by atoms with Crippen LogP contribution in [-0.4, -0.2) is 50.3 Å². The lowest BCUT2D eigenvalue weighted by Gasteiger charge is -2.15. The molecule has 0 saturated heterocycles. The van der Waals surface area contributed by atoms with Crippen LogP contribution < -0.4 is 16.0 Å². The molecule has 33 heavy (non-hydrogen) atoms. The van der Waals surface area contributed by atoms with E-state index < -0.39 is 0 Å². The van der Waals surface area contributed by atoms with Gasteiger partial charge < -0.3 is 20.7 Å². The van der Waals surface area contributed by atoms with Gasteiger partial charge in [0.2, 0.25) is 0 Å². The summed E-state index contributed by atoms with van der Waals surface area (Å²) in [6.45, 7) is 23.7. The first kappa shape index (κ1) is 32.2. The molecule has 0 aliphatic rings. The molecule has 0 aliphatic carbocycles. The normalized spacial score (nSPS) is 9.94. The molecule has 2 aromatic rings. The smallest absolute Gasteiger partial charge is 0.128 e. The molecule has 2 rings (SSSR count). The molecule has 184 valence electrons. The molecule has 0 bridgehead atoms. The van der Waals surface area contributed by atoms with E-state index in [0.717, 1.165) is 48.7 Å². The summed E-state index contributed by atoms with van der Waals surface area (Å²) in [7, 11) is 3.93. The van der Waals surface area contributed by atoms with Crippen molar-refractivity contribution in [3.8, 4) is 0 Å². The van der Waals surface area contributed by atoms with E-state index in [2.05, 4.69) is 86.7 Å². The molecule has 1 heterocycles. The number of aryl methyl sites for hydroxylation is 2. The Kier molecular flexibility index (Phi) is 20.4. The Morgan fingerprint density at radius 1 is 1.00 bits per heavy atom. The Morgan fingerprint density at radius 2 is 1.61 bits per heavy atom. The molecular weight excluding hydrogens is 410 g/mol. The van der Waals surface area contributed by atoms with Gasteiger partial charge in [-0.3, -0.25) is 0 Å². The molecule has 6 nitrogen and oxygen atoms in total. The predicted molar refractivity (Wildman–Crippen MR) is 145 cm³/mol. The number of allylic oxidation sites excluding steroid dienone is 2. The third kappa shape index (κ3) is 12.6. The van der Waals surface area contributed by atoms with Crippen molar-refractivity contribution in [3.63, 3.8) is 0 Å². The molecule has 0 amide bonds. The average Bonchev–Trinajstić information content (AvgIpc) is 3.17. The van der Waals surface area contributed by atoms with Crippen molar-refractivity contribution < 1.29 is 4.79 Å². The van der Waals surface area contributed by atoms with E-state index in [1.807, 2.05) is 43.9 Å². The fourth-order valence-electron chi connectivity index (χ4n) is 2.83. The summed E-state index contributed by atoms with van der Waals surface area (Å²) >= 11 is 0. The summed E-state index contributed by atoms with van der Waals surface area (Å²) in [5, 5.41) is 14.2. The van der Waals surface area contributed by atoms with Crippen molar-refractivity contribution in [2.75, 3.05) is 33.7 Å². The first-order valence-corrected chi connectivity index (χ1v) is 11.3. The summed E-state index contributed by atoms with van der Waals surface area (Å²) < 4.78 is 1.96.